The largest absolute Gasteiger partial charge is 0.473 e. The molecule has 0 saturated carbocycles. The van der Waals surface area contributed by atoms with Crippen LogP contribution in [0.15, 0.2) is 60.8 Å². The lowest BCUT2D eigenvalue weighted by molar-refractivity contribution is 0.290. The fourth-order valence-corrected chi connectivity index (χ4v) is 3.71. The molecule has 4 rings (SSSR count). The van der Waals surface area contributed by atoms with Crippen LogP contribution in [0.5, 0.6) is 5.88 Å². The predicted molar refractivity (Wildman–Crippen MR) is 123 cm³/mol. The third kappa shape index (κ3) is 4.31. The first-order valence-corrected chi connectivity index (χ1v) is 10.1. The first kappa shape index (κ1) is 20.0. The van der Waals surface area contributed by atoms with Crippen LogP contribution < -0.4 is 15.8 Å². The van der Waals surface area contributed by atoms with Crippen LogP contribution in [0.4, 0.5) is 11.5 Å². The minimum absolute atomic E-state index is 0.461. The van der Waals surface area contributed by atoms with Gasteiger partial charge in [0.2, 0.25) is 5.88 Å². The second-order valence-electron chi connectivity index (χ2n) is 7.24. The molecule has 0 bridgehead atoms. The van der Waals surface area contributed by atoms with Crippen LogP contribution in [-0.4, -0.2) is 9.97 Å². The van der Waals surface area contributed by atoms with Crippen LogP contribution in [-0.2, 0) is 13.2 Å². The molecule has 0 aliphatic carbocycles. The van der Waals surface area contributed by atoms with Gasteiger partial charge in [-0.1, -0.05) is 41.9 Å². The Kier molecular flexibility index (Phi) is 5.72. The van der Waals surface area contributed by atoms with Gasteiger partial charge in [0.15, 0.2) is 0 Å². The number of anilines is 2. The molecular weight excluding hydrogens is 396 g/mol. The van der Waals surface area contributed by atoms with Gasteiger partial charge in [0.25, 0.3) is 0 Å². The normalized spacial score (nSPS) is 10.9. The number of aryl methyl sites for hydroxylation is 2. The molecule has 0 spiro atoms. The average molecular weight is 419 g/mol. The number of nitrogens with one attached hydrogen (secondary N) is 1. The number of rotatable bonds is 6. The summed E-state index contributed by atoms with van der Waals surface area (Å²) in [6.45, 7) is 5.01. The maximum absolute atomic E-state index is 6.21. The first-order chi connectivity index (χ1) is 14.5. The van der Waals surface area contributed by atoms with Gasteiger partial charge >= 0.3 is 0 Å². The van der Waals surface area contributed by atoms with E-state index in [1.54, 1.807) is 12.3 Å². The maximum atomic E-state index is 6.21. The summed E-state index contributed by atoms with van der Waals surface area (Å²) in [5.74, 6) is 1.34. The summed E-state index contributed by atoms with van der Waals surface area (Å²) in [6.07, 6.45) is 1.74. The van der Waals surface area contributed by atoms with E-state index in [9.17, 15) is 0 Å². The van der Waals surface area contributed by atoms with Gasteiger partial charge in [-0.15, -0.1) is 0 Å². The van der Waals surface area contributed by atoms with Crippen molar-refractivity contribution in [2.45, 2.75) is 27.0 Å². The quantitative estimate of drug-likeness (QED) is 0.394. The third-order valence-corrected chi connectivity index (χ3v) is 5.18. The van der Waals surface area contributed by atoms with E-state index in [0.29, 0.717) is 29.7 Å². The Labute approximate surface area is 180 Å². The zero-order valence-electron chi connectivity index (χ0n) is 16.9. The van der Waals surface area contributed by atoms with Crippen molar-refractivity contribution in [2.24, 2.45) is 0 Å². The van der Waals surface area contributed by atoms with Gasteiger partial charge in [0.1, 0.15) is 12.4 Å². The van der Waals surface area contributed by atoms with Gasteiger partial charge in [0.05, 0.1) is 0 Å². The number of nitrogens with zero attached hydrogens (tertiary/aromatic N) is 2. The maximum Gasteiger partial charge on any atom is 0.219 e. The molecule has 3 N–H and O–H groups in total. The van der Waals surface area contributed by atoms with Crippen LogP contribution >= 0.6 is 11.6 Å². The van der Waals surface area contributed by atoms with Crippen LogP contribution in [0, 0.1) is 13.8 Å². The number of fused-ring (bicyclic) bond motifs is 1. The van der Waals surface area contributed by atoms with E-state index >= 15 is 0 Å². The van der Waals surface area contributed by atoms with Crippen molar-refractivity contribution < 1.29 is 4.74 Å². The number of ether oxygens (including phenoxy) is 1. The van der Waals surface area contributed by atoms with Crippen LogP contribution in [0.2, 0.25) is 5.02 Å². The second-order valence-corrected chi connectivity index (χ2v) is 7.68. The highest BCUT2D eigenvalue weighted by molar-refractivity contribution is 6.32. The molecule has 4 aromatic rings. The Morgan fingerprint density at radius 1 is 1.03 bits per heavy atom. The Morgan fingerprint density at radius 2 is 1.83 bits per heavy atom. The number of hydrogen-bond donors (Lipinski definition) is 2. The smallest absolute Gasteiger partial charge is 0.219 e. The predicted octanol–water partition coefficient (Wildman–Crippen LogP) is 5.67. The standard InChI is InChI=1S/C24H23ClN4O/c1-15-10-16(2)29-24(30-14-17-6-4-3-5-7-17)21(15)13-28-23-20-11-18(25)12-22(26)19(20)8-9-27-23/h3-12H,13-14,26H2,1-2H3,(H,27,28). The molecular formula is C24H23ClN4O. The molecule has 0 fully saturated rings. The topological polar surface area (TPSA) is 73.1 Å². The Morgan fingerprint density at radius 3 is 2.63 bits per heavy atom. The molecule has 2 heterocycles. The summed E-state index contributed by atoms with van der Waals surface area (Å²) >= 11 is 6.21. The van der Waals surface area contributed by atoms with E-state index in [4.69, 9.17) is 22.1 Å². The van der Waals surface area contributed by atoms with E-state index in [-0.39, 0.29) is 0 Å². The average Bonchev–Trinajstić information content (AvgIpc) is 2.72. The summed E-state index contributed by atoms with van der Waals surface area (Å²) in [5, 5.41) is 5.79. The summed E-state index contributed by atoms with van der Waals surface area (Å²) in [4.78, 5) is 9.12. The van der Waals surface area contributed by atoms with E-state index in [0.717, 1.165) is 39.0 Å². The third-order valence-electron chi connectivity index (χ3n) is 4.97. The number of aromatic nitrogens is 2. The Hall–Kier alpha value is -3.31. The highest BCUT2D eigenvalue weighted by atomic mass is 35.5. The van der Waals surface area contributed by atoms with Crippen molar-refractivity contribution in [2.75, 3.05) is 11.1 Å². The molecule has 0 aliphatic rings. The molecule has 0 atom stereocenters. The lowest BCUT2D eigenvalue weighted by atomic mass is 10.1. The molecule has 152 valence electrons. The zero-order chi connectivity index (χ0) is 21.1. The minimum atomic E-state index is 0.461. The van der Waals surface area contributed by atoms with Gasteiger partial charge in [0, 0.05) is 45.5 Å². The first-order valence-electron chi connectivity index (χ1n) is 9.72. The molecule has 0 aliphatic heterocycles. The van der Waals surface area contributed by atoms with Gasteiger partial charge in [-0.05, 0) is 49.2 Å². The summed E-state index contributed by atoms with van der Waals surface area (Å²) in [5.41, 5.74) is 10.9. The molecule has 2 aromatic heterocycles. The monoisotopic (exact) mass is 418 g/mol. The number of nitrogens with two attached hydrogens (primary N) is 1. The van der Waals surface area contributed by atoms with Gasteiger partial charge < -0.3 is 15.8 Å². The van der Waals surface area contributed by atoms with Crippen molar-refractivity contribution in [3.8, 4) is 5.88 Å². The highest BCUT2D eigenvalue weighted by Crippen LogP contribution is 2.31. The SMILES string of the molecule is Cc1cc(C)c(CNc2nccc3c(N)cc(Cl)cc23)c(OCc2ccccc2)n1. The van der Waals surface area contributed by atoms with Crippen molar-refractivity contribution in [1.29, 1.82) is 0 Å². The molecule has 0 saturated heterocycles. The van der Waals surface area contributed by atoms with Gasteiger partial charge in [-0.3, -0.25) is 0 Å². The van der Waals surface area contributed by atoms with Crippen molar-refractivity contribution in [3.63, 3.8) is 0 Å². The number of nitrogen functional groups attached to an aromatic ring is 1. The molecule has 30 heavy (non-hydrogen) atoms. The summed E-state index contributed by atoms with van der Waals surface area (Å²) in [6, 6.07) is 17.6. The van der Waals surface area contributed by atoms with E-state index in [2.05, 4.69) is 28.3 Å². The van der Waals surface area contributed by atoms with E-state index in [1.165, 1.54) is 0 Å². The highest BCUT2D eigenvalue weighted by Gasteiger charge is 2.13. The van der Waals surface area contributed by atoms with Crippen LogP contribution in [0.25, 0.3) is 10.8 Å². The summed E-state index contributed by atoms with van der Waals surface area (Å²) in [7, 11) is 0. The molecule has 0 amide bonds. The lowest BCUT2D eigenvalue weighted by Crippen LogP contribution is -2.09. The van der Waals surface area contributed by atoms with E-state index < -0.39 is 0 Å². The molecule has 0 radical (unpaired) electrons. The fraction of sp³-hybridized carbons (Fsp3) is 0.167. The fourth-order valence-electron chi connectivity index (χ4n) is 3.48. The van der Waals surface area contributed by atoms with Crippen LogP contribution in [0.3, 0.4) is 0 Å². The van der Waals surface area contributed by atoms with Crippen molar-refractivity contribution in [3.05, 3.63) is 88.2 Å². The van der Waals surface area contributed by atoms with Crippen molar-refractivity contribution >= 4 is 33.9 Å². The Balaban J connectivity index is 1.61. The summed E-state index contributed by atoms with van der Waals surface area (Å²) < 4.78 is 6.09. The van der Waals surface area contributed by atoms with E-state index in [1.807, 2.05) is 49.4 Å². The van der Waals surface area contributed by atoms with Gasteiger partial charge in [-0.25, -0.2) is 9.97 Å². The van der Waals surface area contributed by atoms with Crippen LogP contribution in [0.1, 0.15) is 22.4 Å². The molecule has 2 aromatic carbocycles. The number of halogens is 1. The Bertz CT molecular complexity index is 1190. The van der Waals surface area contributed by atoms with Crippen molar-refractivity contribution in [1.82, 2.24) is 9.97 Å². The number of pyridine rings is 2. The molecule has 0 unspecified atom stereocenters. The minimum Gasteiger partial charge on any atom is -0.473 e. The lowest BCUT2D eigenvalue weighted by Gasteiger charge is -2.16. The zero-order valence-corrected chi connectivity index (χ0v) is 17.7. The number of benzene rings is 2. The van der Waals surface area contributed by atoms with Gasteiger partial charge in [-0.2, -0.15) is 0 Å². The molecule has 6 heteroatoms. The number of hydrogen-bond acceptors (Lipinski definition) is 5. The second kappa shape index (κ2) is 8.59. The molecule has 5 nitrogen and oxygen atoms in total.